The molecule has 3 nitrogen and oxygen atoms in total. The predicted octanol–water partition coefficient (Wildman–Crippen LogP) is 2.09. The maximum absolute atomic E-state index is 12.2. The molecule has 4 heteroatoms. The number of hydrogen-bond donors (Lipinski definition) is 0. The van der Waals surface area contributed by atoms with Crippen LogP contribution in [0, 0.1) is 13.8 Å². The second kappa shape index (κ2) is 4.18. The first kappa shape index (κ1) is 11.6. The minimum Gasteiger partial charge on any atom is -0.207 e. The fraction of sp³-hybridized carbons (Fsp3) is 0.500. The van der Waals surface area contributed by atoms with Gasteiger partial charge in [-0.2, -0.15) is 4.31 Å². The van der Waals surface area contributed by atoms with Crippen molar-refractivity contribution >= 4 is 10.0 Å². The van der Waals surface area contributed by atoms with Gasteiger partial charge in [-0.3, -0.25) is 0 Å². The van der Waals surface area contributed by atoms with Crippen LogP contribution in [0.5, 0.6) is 0 Å². The van der Waals surface area contributed by atoms with Crippen LogP contribution in [0.1, 0.15) is 24.0 Å². The van der Waals surface area contributed by atoms with Crippen LogP contribution in [-0.4, -0.2) is 25.8 Å². The SMILES string of the molecule is Cc1ccc(S(=O)(=O)N2CCCC2)cc1C. The van der Waals surface area contributed by atoms with Crippen molar-refractivity contribution in [2.75, 3.05) is 13.1 Å². The molecule has 88 valence electrons. The van der Waals surface area contributed by atoms with Crippen LogP contribution in [0.2, 0.25) is 0 Å². The summed E-state index contributed by atoms with van der Waals surface area (Å²) in [7, 11) is -3.24. The highest BCUT2D eigenvalue weighted by atomic mass is 32.2. The summed E-state index contributed by atoms with van der Waals surface area (Å²) in [4.78, 5) is 0.428. The maximum Gasteiger partial charge on any atom is 0.243 e. The van der Waals surface area contributed by atoms with Crippen LogP contribution >= 0.6 is 0 Å². The Bertz CT molecular complexity index is 488. The molecule has 1 aliphatic rings. The van der Waals surface area contributed by atoms with Crippen molar-refractivity contribution in [3.8, 4) is 0 Å². The van der Waals surface area contributed by atoms with E-state index < -0.39 is 10.0 Å². The first-order valence-corrected chi connectivity index (χ1v) is 7.03. The van der Waals surface area contributed by atoms with Crippen LogP contribution < -0.4 is 0 Å². The monoisotopic (exact) mass is 239 g/mol. The lowest BCUT2D eigenvalue weighted by atomic mass is 10.1. The molecule has 0 unspecified atom stereocenters. The molecule has 16 heavy (non-hydrogen) atoms. The van der Waals surface area contributed by atoms with Crippen molar-refractivity contribution in [1.29, 1.82) is 0 Å². The van der Waals surface area contributed by atoms with E-state index in [-0.39, 0.29) is 0 Å². The average Bonchev–Trinajstić information content (AvgIpc) is 2.75. The number of hydrogen-bond acceptors (Lipinski definition) is 2. The van der Waals surface area contributed by atoms with Gasteiger partial charge in [0.1, 0.15) is 0 Å². The number of benzene rings is 1. The summed E-state index contributed by atoms with van der Waals surface area (Å²) in [6.07, 6.45) is 1.95. The predicted molar refractivity (Wildman–Crippen MR) is 63.9 cm³/mol. The zero-order valence-corrected chi connectivity index (χ0v) is 10.5. The van der Waals surface area contributed by atoms with Crippen molar-refractivity contribution in [3.05, 3.63) is 29.3 Å². The maximum atomic E-state index is 12.2. The molecule has 0 aromatic heterocycles. The van der Waals surface area contributed by atoms with Gasteiger partial charge in [-0.15, -0.1) is 0 Å². The zero-order chi connectivity index (χ0) is 11.8. The molecule has 1 aromatic carbocycles. The Morgan fingerprint density at radius 2 is 1.69 bits per heavy atom. The molecule has 1 aliphatic heterocycles. The van der Waals surface area contributed by atoms with Crippen LogP contribution in [0.4, 0.5) is 0 Å². The standard InChI is InChI=1S/C12H17NO2S/c1-10-5-6-12(9-11(10)2)16(14,15)13-7-3-4-8-13/h5-6,9H,3-4,7-8H2,1-2H3. The Balaban J connectivity index is 2.39. The van der Waals surface area contributed by atoms with Gasteiger partial charge in [0.2, 0.25) is 10.0 Å². The third kappa shape index (κ3) is 1.99. The van der Waals surface area contributed by atoms with E-state index in [4.69, 9.17) is 0 Å². The fourth-order valence-electron chi connectivity index (χ4n) is 1.95. The van der Waals surface area contributed by atoms with E-state index in [1.165, 1.54) is 0 Å². The molecule has 0 aliphatic carbocycles. The molecule has 1 saturated heterocycles. The van der Waals surface area contributed by atoms with E-state index in [2.05, 4.69) is 0 Å². The molecule has 0 saturated carbocycles. The smallest absolute Gasteiger partial charge is 0.207 e. The molecule has 2 rings (SSSR count). The molecular formula is C12H17NO2S. The Kier molecular flexibility index (Phi) is 3.04. The summed E-state index contributed by atoms with van der Waals surface area (Å²) in [6, 6.07) is 5.34. The van der Waals surface area contributed by atoms with Crippen LogP contribution in [0.25, 0.3) is 0 Å². The average molecular weight is 239 g/mol. The number of aryl methyl sites for hydroxylation is 2. The number of rotatable bonds is 2. The van der Waals surface area contributed by atoms with E-state index in [1.807, 2.05) is 19.9 Å². The van der Waals surface area contributed by atoms with E-state index in [0.717, 1.165) is 24.0 Å². The number of sulfonamides is 1. The summed E-state index contributed by atoms with van der Waals surface area (Å²) < 4.78 is 26.0. The van der Waals surface area contributed by atoms with Gasteiger partial charge in [0, 0.05) is 13.1 Å². The van der Waals surface area contributed by atoms with Crippen molar-refractivity contribution < 1.29 is 8.42 Å². The quantitative estimate of drug-likeness (QED) is 0.792. The molecule has 1 heterocycles. The lowest BCUT2D eigenvalue weighted by molar-refractivity contribution is 0.477. The van der Waals surface area contributed by atoms with Crippen molar-refractivity contribution in [1.82, 2.24) is 4.31 Å². The lowest BCUT2D eigenvalue weighted by Gasteiger charge is -2.16. The minimum atomic E-state index is -3.24. The fourth-order valence-corrected chi connectivity index (χ4v) is 3.55. The Hall–Kier alpha value is -0.870. The van der Waals surface area contributed by atoms with Crippen LogP contribution in [0.3, 0.4) is 0 Å². The van der Waals surface area contributed by atoms with E-state index in [9.17, 15) is 8.42 Å². The second-order valence-electron chi connectivity index (χ2n) is 4.36. The Morgan fingerprint density at radius 1 is 1.06 bits per heavy atom. The third-order valence-electron chi connectivity index (χ3n) is 3.18. The summed E-state index contributed by atoms with van der Waals surface area (Å²) in [5.74, 6) is 0. The molecule has 1 aromatic rings. The first-order chi connectivity index (χ1) is 7.51. The third-order valence-corrected chi connectivity index (χ3v) is 5.08. The first-order valence-electron chi connectivity index (χ1n) is 5.59. The van der Waals surface area contributed by atoms with Crippen molar-refractivity contribution in [3.63, 3.8) is 0 Å². The van der Waals surface area contributed by atoms with Crippen molar-refractivity contribution in [2.24, 2.45) is 0 Å². The highest BCUT2D eigenvalue weighted by molar-refractivity contribution is 7.89. The Morgan fingerprint density at radius 3 is 2.25 bits per heavy atom. The highest BCUT2D eigenvalue weighted by Gasteiger charge is 2.27. The van der Waals surface area contributed by atoms with Gasteiger partial charge in [-0.1, -0.05) is 6.07 Å². The van der Waals surface area contributed by atoms with Crippen LogP contribution in [-0.2, 0) is 10.0 Å². The summed E-state index contributed by atoms with van der Waals surface area (Å²) in [5.41, 5.74) is 2.15. The topological polar surface area (TPSA) is 37.4 Å². The minimum absolute atomic E-state index is 0.428. The molecule has 0 bridgehead atoms. The summed E-state index contributed by atoms with van der Waals surface area (Å²) in [6.45, 7) is 5.25. The zero-order valence-electron chi connectivity index (χ0n) is 9.73. The second-order valence-corrected chi connectivity index (χ2v) is 6.30. The van der Waals surface area contributed by atoms with E-state index >= 15 is 0 Å². The van der Waals surface area contributed by atoms with E-state index in [1.54, 1.807) is 16.4 Å². The molecule has 0 spiro atoms. The summed E-state index contributed by atoms with van der Waals surface area (Å²) >= 11 is 0. The molecule has 0 radical (unpaired) electrons. The van der Waals surface area contributed by atoms with Gasteiger partial charge >= 0.3 is 0 Å². The molecular weight excluding hydrogens is 222 g/mol. The van der Waals surface area contributed by atoms with Gasteiger partial charge in [0.05, 0.1) is 4.90 Å². The van der Waals surface area contributed by atoms with Crippen molar-refractivity contribution in [2.45, 2.75) is 31.6 Å². The van der Waals surface area contributed by atoms with Gasteiger partial charge in [-0.25, -0.2) is 8.42 Å². The van der Waals surface area contributed by atoms with Gasteiger partial charge in [-0.05, 0) is 49.9 Å². The molecule has 0 atom stereocenters. The molecule has 0 N–H and O–H groups in total. The Labute approximate surface area is 97.1 Å². The van der Waals surface area contributed by atoms with E-state index in [0.29, 0.717) is 18.0 Å². The van der Waals surface area contributed by atoms with Gasteiger partial charge < -0.3 is 0 Å². The lowest BCUT2D eigenvalue weighted by Crippen LogP contribution is -2.27. The van der Waals surface area contributed by atoms with Gasteiger partial charge in [0.15, 0.2) is 0 Å². The van der Waals surface area contributed by atoms with Crippen LogP contribution in [0.15, 0.2) is 23.1 Å². The normalized spacial score (nSPS) is 17.9. The van der Waals surface area contributed by atoms with Gasteiger partial charge in [0.25, 0.3) is 0 Å². The molecule has 1 fully saturated rings. The molecule has 0 amide bonds. The summed E-state index contributed by atoms with van der Waals surface area (Å²) in [5, 5.41) is 0. The number of nitrogens with zero attached hydrogens (tertiary/aromatic N) is 1. The largest absolute Gasteiger partial charge is 0.243 e. The highest BCUT2D eigenvalue weighted by Crippen LogP contribution is 2.22.